The van der Waals surface area contributed by atoms with Gasteiger partial charge in [0.2, 0.25) is 15.9 Å². The first-order valence-corrected chi connectivity index (χ1v) is 10.8. The molecule has 9 heteroatoms. The molecule has 0 spiro atoms. The third kappa shape index (κ3) is 4.83. The molecule has 0 radical (unpaired) electrons. The van der Waals surface area contributed by atoms with Crippen molar-refractivity contribution in [2.45, 2.75) is 43.4 Å². The summed E-state index contributed by atoms with van der Waals surface area (Å²) in [4.78, 5) is 11.4. The molecule has 1 N–H and O–H groups in total. The highest BCUT2D eigenvalue weighted by atomic mass is 32.2. The SMILES string of the molecule is O=C(CC1CCCN(S(=O)(=O)c2c(F)cccc2F)C1)NN1CCCCC1. The number of carbonyl (C=O) groups excluding carboxylic acids is 1. The van der Waals surface area contributed by atoms with Crippen molar-refractivity contribution in [3.8, 4) is 0 Å². The minimum Gasteiger partial charge on any atom is -0.289 e. The van der Waals surface area contributed by atoms with E-state index in [1.165, 1.54) is 0 Å². The lowest BCUT2D eigenvalue weighted by atomic mass is 9.96. The van der Waals surface area contributed by atoms with Crippen LogP contribution in [0.2, 0.25) is 0 Å². The first-order chi connectivity index (χ1) is 12.9. The Morgan fingerprint density at radius 2 is 1.74 bits per heavy atom. The molecule has 0 aromatic heterocycles. The third-order valence-corrected chi connectivity index (χ3v) is 7.03. The van der Waals surface area contributed by atoms with E-state index in [2.05, 4.69) is 5.43 Å². The topological polar surface area (TPSA) is 69.7 Å². The van der Waals surface area contributed by atoms with Gasteiger partial charge in [0.25, 0.3) is 0 Å². The summed E-state index contributed by atoms with van der Waals surface area (Å²) in [5, 5.41) is 1.90. The summed E-state index contributed by atoms with van der Waals surface area (Å²) < 4.78 is 54.4. The molecule has 1 atom stereocenters. The molecule has 3 rings (SSSR count). The molecule has 6 nitrogen and oxygen atoms in total. The molecule has 1 unspecified atom stereocenters. The van der Waals surface area contributed by atoms with Gasteiger partial charge in [0.15, 0.2) is 4.90 Å². The predicted octanol–water partition coefficient (Wildman–Crippen LogP) is 2.27. The van der Waals surface area contributed by atoms with Gasteiger partial charge in [-0.25, -0.2) is 22.2 Å². The molecule has 0 saturated carbocycles. The number of rotatable bonds is 5. The van der Waals surface area contributed by atoms with Crippen LogP contribution in [0, 0.1) is 17.6 Å². The Bertz CT molecular complexity index is 762. The molecule has 1 amide bonds. The number of carbonyl (C=O) groups is 1. The zero-order valence-corrected chi connectivity index (χ0v) is 16.0. The van der Waals surface area contributed by atoms with Gasteiger partial charge < -0.3 is 0 Å². The van der Waals surface area contributed by atoms with Crippen molar-refractivity contribution < 1.29 is 22.0 Å². The zero-order valence-electron chi connectivity index (χ0n) is 15.2. The molecule has 2 aliphatic heterocycles. The van der Waals surface area contributed by atoms with Gasteiger partial charge >= 0.3 is 0 Å². The molecule has 150 valence electrons. The summed E-state index contributed by atoms with van der Waals surface area (Å²) in [7, 11) is -4.28. The fourth-order valence-electron chi connectivity index (χ4n) is 3.76. The normalized spacial score (nSPS) is 22.5. The Kier molecular flexibility index (Phi) is 6.44. The van der Waals surface area contributed by atoms with Crippen LogP contribution in [-0.2, 0) is 14.8 Å². The summed E-state index contributed by atoms with van der Waals surface area (Å²) in [6.45, 7) is 1.93. The largest absolute Gasteiger partial charge is 0.289 e. The highest BCUT2D eigenvalue weighted by Gasteiger charge is 2.35. The van der Waals surface area contributed by atoms with Crippen molar-refractivity contribution >= 4 is 15.9 Å². The Morgan fingerprint density at radius 1 is 1.07 bits per heavy atom. The van der Waals surface area contributed by atoms with E-state index in [0.717, 1.165) is 54.9 Å². The number of nitrogens with zero attached hydrogens (tertiary/aromatic N) is 2. The van der Waals surface area contributed by atoms with Crippen LogP contribution in [-0.4, -0.2) is 49.8 Å². The second-order valence-corrected chi connectivity index (χ2v) is 9.08. The van der Waals surface area contributed by atoms with Crippen molar-refractivity contribution in [3.63, 3.8) is 0 Å². The minimum atomic E-state index is -4.28. The molecule has 27 heavy (non-hydrogen) atoms. The van der Waals surface area contributed by atoms with E-state index in [1.54, 1.807) is 0 Å². The lowest BCUT2D eigenvalue weighted by Gasteiger charge is -2.32. The predicted molar refractivity (Wildman–Crippen MR) is 96.0 cm³/mol. The number of piperidine rings is 2. The van der Waals surface area contributed by atoms with Gasteiger partial charge in [-0.2, -0.15) is 4.31 Å². The van der Waals surface area contributed by atoms with Crippen LogP contribution in [0.3, 0.4) is 0 Å². The summed E-state index contributed by atoms with van der Waals surface area (Å²) in [6, 6.07) is 3.00. The number of halogens is 2. The van der Waals surface area contributed by atoms with E-state index in [9.17, 15) is 22.0 Å². The van der Waals surface area contributed by atoms with E-state index >= 15 is 0 Å². The molecule has 0 aliphatic carbocycles. The van der Waals surface area contributed by atoms with E-state index in [-0.39, 0.29) is 31.3 Å². The maximum absolute atomic E-state index is 14.0. The van der Waals surface area contributed by atoms with Crippen LogP contribution in [0.4, 0.5) is 8.78 Å². The average Bonchev–Trinajstić information content (AvgIpc) is 2.62. The van der Waals surface area contributed by atoms with Gasteiger partial charge in [-0.15, -0.1) is 0 Å². The first kappa shape index (κ1) is 20.2. The zero-order chi connectivity index (χ0) is 19.4. The summed E-state index contributed by atoms with van der Waals surface area (Å²) in [5.41, 5.74) is 2.88. The molecule has 0 bridgehead atoms. The van der Waals surface area contributed by atoms with Crippen LogP contribution in [0.15, 0.2) is 23.1 Å². The van der Waals surface area contributed by atoms with Crippen LogP contribution in [0.5, 0.6) is 0 Å². The Balaban J connectivity index is 1.64. The molecule has 2 heterocycles. The van der Waals surface area contributed by atoms with Gasteiger partial charge in [-0.3, -0.25) is 10.2 Å². The van der Waals surface area contributed by atoms with E-state index in [0.29, 0.717) is 12.8 Å². The number of hydrogen-bond acceptors (Lipinski definition) is 4. The van der Waals surface area contributed by atoms with Crippen LogP contribution < -0.4 is 5.43 Å². The maximum Gasteiger partial charge on any atom is 0.248 e. The molecular weight excluding hydrogens is 376 g/mol. The van der Waals surface area contributed by atoms with E-state index < -0.39 is 26.6 Å². The van der Waals surface area contributed by atoms with Crippen molar-refractivity contribution in [1.29, 1.82) is 0 Å². The van der Waals surface area contributed by atoms with Crippen molar-refractivity contribution in [2.24, 2.45) is 5.92 Å². The summed E-state index contributed by atoms with van der Waals surface area (Å²) >= 11 is 0. The number of benzene rings is 1. The lowest BCUT2D eigenvalue weighted by molar-refractivity contribution is -0.127. The van der Waals surface area contributed by atoms with Gasteiger partial charge in [0, 0.05) is 32.6 Å². The van der Waals surface area contributed by atoms with Crippen molar-refractivity contribution in [2.75, 3.05) is 26.2 Å². The molecule has 1 aromatic carbocycles. The van der Waals surface area contributed by atoms with Crippen LogP contribution >= 0.6 is 0 Å². The minimum absolute atomic E-state index is 0.0868. The standard InChI is InChI=1S/C18H25F2N3O3S/c19-15-7-4-8-16(20)18(15)27(25,26)23-11-5-6-14(13-23)12-17(24)21-22-9-2-1-3-10-22/h4,7-8,14H,1-3,5-6,9-13H2,(H,21,24). The quantitative estimate of drug-likeness (QED) is 0.822. The van der Waals surface area contributed by atoms with Crippen molar-refractivity contribution in [3.05, 3.63) is 29.8 Å². The van der Waals surface area contributed by atoms with Crippen molar-refractivity contribution in [1.82, 2.24) is 14.7 Å². The highest BCUT2D eigenvalue weighted by molar-refractivity contribution is 7.89. The monoisotopic (exact) mass is 401 g/mol. The fourth-order valence-corrected chi connectivity index (χ4v) is 5.42. The number of hydrazine groups is 1. The molecule has 2 aliphatic rings. The fraction of sp³-hybridized carbons (Fsp3) is 0.611. The number of amides is 1. The van der Waals surface area contributed by atoms with E-state index in [1.807, 2.05) is 5.01 Å². The molecule has 2 saturated heterocycles. The van der Waals surface area contributed by atoms with Crippen LogP contribution in [0.1, 0.15) is 38.5 Å². The molecular formula is C18H25F2N3O3S. The Hall–Kier alpha value is -1.58. The van der Waals surface area contributed by atoms with E-state index in [4.69, 9.17) is 0 Å². The smallest absolute Gasteiger partial charge is 0.248 e. The highest BCUT2D eigenvalue weighted by Crippen LogP contribution is 2.28. The van der Waals surface area contributed by atoms with Gasteiger partial charge in [0.1, 0.15) is 11.6 Å². The third-order valence-electron chi connectivity index (χ3n) is 5.11. The second-order valence-electron chi connectivity index (χ2n) is 7.21. The second kappa shape index (κ2) is 8.62. The number of nitrogens with one attached hydrogen (secondary N) is 1. The average molecular weight is 401 g/mol. The Morgan fingerprint density at radius 3 is 2.41 bits per heavy atom. The Labute approximate surface area is 158 Å². The van der Waals surface area contributed by atoms with Gasteiger partial charge in [-0.1, -0.05) is 12.5 Å². The first-order valence-electron chi connectivity index (χ1n) is 9.36. The van der Waals surface area contributed by atoms with Gasteiger partial charge in [-0.05, 0) is 43.7 Å². The summed E-state index contributed by atoms with van der Waals surface area (Å²) in [6.07, 6.45) is 4.71. The molecule has 2 fully saturated rings. The van der Waals surface area contributed by atoms with Crippen LogP contribution in [0.25, 0.3) is 0 Å². The number of hydrogen-bond donors (Lipinski definition) is 1. The van der Waals surface area contributed by atoms with Gasteiger partial charge in [0.05, 0.1) is 0 Å². The summed E-state index contributed by atoms with van der Waals surface area (Å²) in [5.74, 6) is -2.51. The lowest BCUT2D eigenvalue weighted by Crippen LogP contribution is -2.47. The maximum atomic E-state index is 14.0. The molecule has 1 aromatic rings. The number of sulfonamides is 1.